The predicted molar refractivity (Wildman–Crippen MR) is 56.9 cm³/mol. The van der Waals surface area contributed by atoms with E-state index in [-0.39, 0.29) is 5.82 Å². The van der Waals surface area contributed by atoms with Crippen LogP contribution in [0.25, 0.3) is 10.1 Å². The molecule has 0 fully saturated rings. The molecule has 0 saturated carbocycles. The highest BCUT2D eigenvalue weighted by Gasteiger charge is 2.07. The van der Waals surface area contributed by atoms with Gasteiger partial charge >= 0.3 is 0 Å². The Morgan fingerprint density at radius 2 is 2.21 bits per heavy atom. The summed E-state index contributed by atoms with van der Waals surface area (Å²) in [6.07, 6.45) is 0.802. The Balaban J connectivity index is 2.56. The minimum Gasteiger partial charge on any atom is -0.383 e. The third-order valence-corrected chi connectivity index (χ3v) is 3.20. The first-order chi connectivity index (χ1) is 6.70. The predicted octanol–water partition coefficient (Wildman–Crippen LogP) is 3.26. The van der Waals surface area contributed by atoms with Crippen LogP contribution in [0.5, 0.6) is 0 Å². The van der Waals surface area contributed by atoms with E-state index in [1.165, 1.54) is 29.5 Å². The van der Waals surface area contributed by atoms with E-state index in [0.717, 1.165) is 15.0 Å². The molecule has 0 amide bonds. The summed E-state index contributed by atoms with van der Waals surface area (Å²) in [7, 11) is 0. The van der Waals surface area contributed by atoms with Crippen molar-refractivity contribution in [3.8, 4) is 0 Å². The van der Waals surface area contributed by atoms with Gasteiger partial charge in [-0.1, -0.05) is 6.08 Å². The normalized spacial score (nSPS) is 13.0. The molecule has 0 aliphatic carbocycles. The third kappa shape index (κ3) is 1.56. The van der Waals surface area contributed by atoms with Gasteiger partial charge in [0.1, 0.15) is 11.9 Å². The Hall–Kier alpha value is -1.19. The van der Waals surface area contributed by atoms with Crippen molar-refractivity contribution in [2.75, 3.05) is 0 Å². The number of halogens is 1. The Morgan fingerprint density at radius 3 is 2.93 bits per heavy atom. The topological polar surface area (TPSA) is 20.2 Å². The van der Waals surface area contributed by atoms with Gasteiger partial charge in [-0.2, -0.15) is 0 Å². The second-order valence-electron chi connectivity index (χ2n) is 3.01. The Kier molecular flexibility index (Phi) is 2.35. The molecule has 1 N–H and O–H groups in total. The van der Waals surface area contributed by atoms with E-state index >= 15 is 0 Å². The van der Waals surface area contributed by atoms with Gasteiger partial charge in [0.25, 0.3) is 0 Å². The van der Waals surface area contributed by atoms with Gasteiger partial charge in [0.05, 0.1) is 0 Å². The average Bonchev–Trinajstić information content (AvgIpc) is 2.59. The molecule has 1 aromatic carbocycles. The lowest BCUT2D eigenvalue weighted by molar-refractivity contribution is 0.233. The third-order valence-electron chi connectivity index (χ3n) is 2.01. The van der Waals surface area contributed by atoms with E-state index < -0.39 is 6.10 Å². The molecule has 0 aliphatic heterocycles. The van der Waals surface area contributed by atoms with E-state index in [1.807, 2.05) is 0 Å². The summed E-state index contributed by atoms with van der Waals surface area (Å²) in [6.45, 7) is 3.51. The Bertz CT molecular complexity index is 475. The first-order valence-electron chi connectivity index (χ1n) is 4.20. The number of aliphatic hydroxyl groups excluding tert-OH is 1. The number of rotatable bonds is 2. The minimum atomic E-state index is -0.657. The smallest absolute Gasteiger partial charge is 0.123 e. The van der Waals surface area contributed by atoms with Crippen molar-refractivity contribution in [1.82, 2.24) is 0 Å². The minimum absolute atomic E-state index is 0.255. The largest absolute Gasteiger partial charge is 0.383 e. The zero-order chi connectivity index (χ0) is 10.1. The molecular weight excluding hydrogens is 199 g/mol. The molecular formula is C11H9FOS. The van der Waals surface area contributed by atoms with Crippen LogP contribution in [0.2, 0.25) is 0 Å². The highest BCUT2D eigenvalue weighted by molar-refractivity contribution is 7.19. The summed E-state index contributed by atoms with van der Waals surface area (Å²) in [6, 6.07) is 6.39. The van der Waals surface area contributed by atoms with Crippen molar-refractivity contribution in [2.24, 2.45) is 0 Å². The molecule has 1 heterocycles. The monoisotopic (exact) mass is 208 g/mol. The average molecular weight is 208 g/mol. The molecule has 0 spiro atoms. The van der Waals surface area contributed by atoms with Crippen molar-refractivity contribution in [3.05, 3.63) is 47.6 Å². The molecule has 2 aromatic rings. The van der Waals surface area contributed by atoms with Crippen LogP contribution in [0.15, 0.2) is 36.9 Å². The van der Waals surface area contributed by atoms with E-state index in [4.69, 9.17) is 0 Å². The standard InChI is InChI=1S/C11H9FOS/c1-2-9(13)11-6-7-5-8(12)3-4-10(7)14-11/h2-6,9,13H,1H2. The molecule has 1 unspecified atom stereocenters. The van der Waals surface area contributed by atoms with E-state index in [2.05, 4.69) is 6.58 Å². The van der Waals surface area contributed by atoms with Gasteiger partial charge in [0, 0.05) is 9.58 Å². The summed E-state index contributed by atoms with van der Waals surface area (Å²) in [5, 5.41) is 10.3. The van der Waals surface area contributed by atoms with Crippen LogP contribution >= 0.6 is 11.3 Å². The highest BCUT2D eigenvalue weighted by atomic mass is 32.1. The maximum absolute atomic E-state index is 12.9. The van der Waals surface area contributed by atoms with Gasteiger partial charge in [0.2, 0.25) is 0 Å². The van der Waals surface area contributed by atoms with Crippen molar-refractivity contribution in [2.45, 2.75) is 6.10 Å². The second kappa shape index (κ2) is 3.52. The summed E-state index contributed by atoms with van der Waals surface area (Å²) < 4.78 is 13.8. The molecule has 0 bridgehead atoms. The van der Waals surface area contributed by atoms with Crippen LogP contribution < -0.4 is 0 Å². The van der Waals surface area contributed by atoms with Crippen LogP contribution in [0.1, 0.15) is 11.0 Å². The lowest BCUT2D eigenvalue weighted by Crippen LogP contribution is -1.85. The first-order valence-corrected chi connectivity index (χ1v) is 5.02. The molecule has 1 aromatic heterocycles. The highest BCUT2D eigenvalue weighted by Crippen LogP contribution is 2.30. The summed E-state index contributed by atoms with van der Waals surface area (Å²) in [4.78, 5) is 0.792. The number of hydrogen-bond donors (Lipinski definition) is 1. The van der Waals surface area contributed by atoms with E-state index in [0.29, 0.717) is 0 Å². The molecule has 0 radical (unpaired) electrons. The number of hydrogen-bond acceptors (Lipinski definition) is 2. The van der Waals surface area contributed by atoms with Crippen molar-refractivity contribution < 1.29 is 9.50 Å². The maximum atomic E-state index is 12.9. The van der Waals surface area contributed by atoms with Gasteiger partial charge in [-0.15, -0.1) is 17.9 Å². The number of aliphatic hydroxyl groups is 1. The first kappa shape index (κ1) is 9.37. The molecule has 1 nitrogen and oxygen atoms in total. The summed E-state index contributed by atoms with van der Waals surface area (Å²) in [5.74, 6) is -0.255. The van der Waals surface area contributed by atoms with Gasteiger partial charge in [-0.05, 0) is 29.7 Å². The van der Waals surface area contributed by atoms with Crippen molar-refractivity contribution >= 4 is 21.4 Å². The quantitative estimate of drug-likeness (QED) is 0.751. The zero-order valence-corrected chi connectivity index (χ0v) is 8.22. The van der Waals surface area contributed by atoms with Crippen LogP contribution in [0.4, 0.5) is 4.39 Å². The van der Waals surface area contributed by atoms with E-state index in [9.17, 15) is 9.50 Å². The lowest BCUT2D eigenvalue weighted by atomic mass is 10.2. The molecule has 0 aliphatic rings. The van der Waals surface area contributed by atoms with Crippen LogP contribution in [0.3, 0.4) is 0 Å². The van der Waals surface area contributed by atoms with Crippen LogP contribution in [0, 0.1) is 5.82 Å². The zero-order valence-electron chi connectivity index (χ0n) is 7.40. The molecule has 1 atom stereocenters. The van der Waals surface area contributed by atoms with E-state index in [1.54, 1.807) is 12.1 Å². The maximum Gasteiger partial charge on any atom is 0.123 e. The van der Waals surface area contributed by atoms with Crippen molar-refractivity contribution in [3.63, 3.8) is 0 Å². The van der Waals surface area contributed by atoms with Crippen molar-refractivity contribution in [1.29, 1.82) is 0 Å². The molecule has 14 heavy (non-hydrogen) atoms. The summed E-state index contributed by atoms with van der Waals surface area (Å²) >= 11 is 1.45. The Morgan fingerprint density at radius 1 is 1.43 bits per heavy atom. The fraction of sp³-hybridized carbons (Fsp3) is 0.0909. The van der Waals surface area contributed by atoms with Gasteiger partial charge in [-0.25, -0.2) is 4.39 Å². The fourth-order valence-corrected chi connectivity index (χ4v) is 2.33. The van der Waals surface area contributed by atoms with Gasteiger partial charge in [0.15, 0.2) is 0 Å². The molecule has 2 rings (SSSR count). The number of fused-ring (bicyclic) bond motifs is 1. The SMILES string of the molecule is C=CC(O)c1cc2cc(F)ccc2s1. The van der Waals surface area contributed by atoms with Gasteiger partial charge < -0.3 is 5.11 Å². The summed E-state index contributed by atoms with van der Waals surface area (Å²) in [5.41, 5.74) is 0. The fourth-order valence-electron chi connectivity index (χ4n) is 1.30. The number of benzene rings is 1. The van der Waals surface area contributed by atoms with Crippen LogP contribution in [-0.2, 0) is 0 Å². The lowest BCUT2D eigenvalue weighted by Gasteiger charge is -1.97. The van der Waals surface area contributed by atoms with Crippen LogP contribution in [-0.4, -0.2) is 5.11 Å². The molecule has 72 valence electrons. The Labute approximate surface area is 85.1 Å². The van der Waals surface area contributed by atoms with Gasteiger partial charge in [-0.3, -0.25) is 0 Å². The molecule has 0 saturated heterocycles. The number of thiophene rings is 1. The second-order valence-corrected chi connectivity index (χ2v) is 4.13. The molecule has 3 heteroatoms.